The zero-order valence-electron chi connectivity index (χ0n) is 8.94. The van der Waals surface area contributed by atoms with Gasteiger partial charge in [0.25, 0.3) is 5.91 Å². The Morgan fingerprint density at radius 3 is 2.62 bits per heavy atom. The summed E-state index contributed by atoms with van der Waals surface area (Å²) in [4.78, 5) is 36.4. The number of imide groups is 1. The van der Waals surface area contributed by atoms with Gasteiger partial charge in [0.1, 0.15) is 6.54 Å². The summed E-state index contributed by atoms with van der Waals surface area (Å²) in [5.41, 5.74) is 0. The molecule has 0 saturated carbocycles. The quantitative estimate of drug-likeness (QED) is 0.667. The summed E-state index contributed by atoms with van der Waals surface area (Å²) < 4.78 is 0. The lowest BCUT2D eigenvalue weighted by molar-refractivity contribution is -0.127. The third kappa shape index (κ3) is 2.32. The van der Waals surface area contributed by atoms with E-state index in [2.05, 4.69) is 5.32 Å². The van der Waals surface area contributed by atoms with Gasteiger partial charge >= 0.3 is 6.03 Å². The summed E-state index contributed by atoms with van der Waals surface area (Å²) in [6, 6.07) is -0.377. The SMILES string of the molecule is O=C1[CH]N(CCCN2CCCC2=O)C(=O)N1. The first-order valence-electron chi connectivity index (χ1n) is 5.41. The minimum Gasteiger partial charge on any atom is -0.343 e. The molecular formula is C10H14N3O3. The van der Waals surface area contributed by atoms with Gasteiger partial charge in [-0.15, -0.1) is 0 Å². The molecule has 0 aromatic rings. The van der Waals surface area contributed by atoms with Crippen molar-refractivity contribution in [3.05, 3.63) is 6.54 Å². The standard InChI is InChI=1S/C10H14N3O3/c14-8-7-13(10(16)11-8)6-2-5-12-4-1-3-9(12)15/h7H,1-6H2,(H,11,14,16). The van der Waals surface area contributed by atoms with Crippen molar-refractivity contribution in [2.45, 2.75) is 19.3 Å². The van der Waals surface area contributed by atoms with Crippen molar-refractivity contribution < 1.29 is 14.4 Å². The zero-order chi connectivity index (χ0) is 11.5. The highest BCUT2D eigenvalue weighted by atomic mass is 16.2. The molecule has 0 atom stereocenters. The molecule has 0 spiro atoms. The van der Waals surface area contributed by atoms with Crippen LogP contribution in [0, 0.1) is 6.54 Å². The van der Waals surface area contributed by atoms with Crippen molar-refractivity contribution in [1.29, 1.82) is 0 Å². The lowest BCUT2D eigenvalue weighted by Gasteiger charge is -2.17. The summed E-state index contributed by atoms with van der Waals surface area (Å²) in [7, 11) is 0. The summed E-state index contributed by atoms with van der Waals surface area (Å²) in [6.45, 7) is 3.20. The maximum absolute atomic E-state index is 11.3. The molecule has 6 heteroatoms. The molecule has 0 unspecified atom stereocenters. The van der Waals surface area contributed by atoms with Crippen LogP contribution >= 0.6 is 0 Å². The van der Waals surface area contributed by atoms with Crippen LogP contribution in [-0.2, 0) is 9.59 Å². The van der Waals surface area contributed by atoms with Gasteiger partial charge in [-0.25, -0.2) is 4.79 Å². The smallest absolute Gasteiger partial charge is 0.324 e. The van der Waals surface area contributed by atoms with Crippen LogP contribution in [-0.4, -0.2) is 47.3 Å². The fourth-order valence-corrected chi connectivity index (χ4v) is 1.95. The number of hydrogen-bond donors (Lipinski definition) is 1. The molecule has 0 aromatic carbocycles. The van der Waals surface area contributed by atoms with E-state index in [1.54, 1.807) is 4.90 Å². The minimum atomic E-state index is -0.377. The van der Waals surface area contributed by atoms with Gasteiger partial charge in [-0.3, -0.25) is 14.9 Å². The van der Waals surface area contributed by atoms with Crippen LogP contribution in [0.3, 0.4) is 0 Å². The number of urea groups is 1. The van der Waals surface area contributed by atoms with Crippen molar-refractivity contribution in [2.75, 3.05) is 19.6 Å². The average Bonchev–Trinajstić information content (AvgIpc) is 2.75. The molecular weight excluding hydrogens is 210 g/mol. The lowest BCUT2D eigenvalue weighted by Crippen LogP contribution is -2.31. The second-order valence-electron chi connectivity index (χ2n) is 3.95. The second-order valence-corrected chi connectivity index (χ2v) is 3.95. The highest BCUT2D eigenvalue weighted by molar-refractivity contribution is 6.05. The summed E-state index contributed by atoms with van der Waals surface area (Å²) >= 11 is 0. The molecule has 2 heterocycles. The third-order valence-corrected chi connectivity index (χ3v) is 2.76. The van der Waals surface area contributed by atoms with Gasteiger partial charge in [-0.1, -0.05) is 0 Å². The predicted molar refractivity (Wildman–Crippen MR) is 55.0 cm³/mol. The van der Waals surface area contributed by atoms with Gasteiger partial charge in [-0.05, 0) is 12.8 Å². The summed E-state index contributed by atoms with van der Waals surface area (Å²) in [5, 5.41) is 2.17. The molecule has 0 bridgehead atoms. The monoisotopic (exact) mass is 224 g/mol. The number of nitrogens with zero attached hydrogens (tertiary/aromatic N) is 2. The molecule has 2 aliphatic rings. The number of rotatable bonds is 4. The largest absolute Gasteiger partial charge is 0.343 e. The van der Waals surface area contributed by atoms with Crippen LogP contribution < -0.4 is 5.32 Å². The van der Waals surface area contributed by atoms with Crippen LogP contribution in [0.4, 0.5) is 4.79 Å². The van der Waals surface area contributed by atoms with E-state index in [1.165, 1.54) is 11.4 Å². The number of carbonyl (C=O) groups is 3. The maximum Gasteiger partial charge on any atom is 0.324 e. The Morgan fingerprint density at radius 2 is 2.06 bits per heavy atom. The molecule has 2 aliphatic heterocycles. The Hall–Kier alpha value is -1.59. The summed E-state index contributed by atoms with van der Waals surface area (Å²) in [5.74, 6) is -0.187. The molecule has 2 rings (SSSR count). The van der Waals surface area contributed by atoms with Crippen molar-refractivity contribution in [2.24, 2.45) is 0 Å². The van der Waals surface area contributed by atoms with Crippen LogP contribution in [0.2, 0.25) is 0 Å². The topological polar surface area (TPSA) is 69.7 Å². The number of likely N-dealkylation sites (tertiary alicyclic amines) is 1. The van der Waals surface area contributed by atoms with E-state index in [0.717, 1.165) is 13.0 Å². The molecule has 0 aromatic heterocycles. The van der Waals surface area contributed by atoms with E-state index in [0.29, 0.717) is 25.9 Å². The fraction of sp³-hybridized carbons (Fsp3) is 0.600. The van der Waals surface area contributed by atoms with Gasteiger partial charge < -0.3 is 9.80 Å². The van der Waals surface area contributed by atoms with Gasteiger partial charge in [0.15, 0.2) is 0 Å². The first-order chi connectivity index (χ1) is 7.66. The Kier molecular flexibility index (Phi) is 3.07. The Morgan fingerprint density at radius 1 is 1.25 bits per heavy atom. The average molecular weight is 224 g/mol. The van der Waals surface area contributed by atoms with Crippen molar-refractivity contribution >= 4 is 17.8 Å². The molecule has 0 aliphatic carbocycles. The predicted octanol–water partition coefficient (Wildman–Crippen LogP) is -0.288. The minimum absolute atomic E-state index is 0.186. The number of amides is 4. The first-order valence-corrected chi connectivity index (χ1v) is 5.41. The van der Waals surface area contributed by atoms with Gasteiger partial charge in [0.2, 0.25) is 5.91 Å². The summed E-state index contributed by atoms with van der Waals surface area (Å²) in [6.07, 6.45) is 2.26. The lowest BCUT2D eigenvalue weighted by atomic mass is 10.3. The van der Waals surface area contributed by atoms with E-state index < -0.39 is 0 Å². The van der Waals surface area contributed by atoms with Gasteiger partial charge in [0, 0.05) is 26.1 Å². The van der Waals surface area contributed by atoms with Gasteiger partial charge in [0.05, 0.1) is 0 Å². The Bertz CT molecular complexity index is 329. The second kappa shape index (κ2) is 4.51. The van der Waals surface area contributed by atoms with Gasteiger partial charge in [-0.2, -0.15) is 0 Å². The maximum atomic E-state index is 11.3. The van der Waals surface area contributed by atoms with Crippen molar-refractivity contribution in [1.82, 2.24) is 15.1 Å². The molecule has 2 saturated heterocycles. The number of hydrogen-bond acceptors (Lipinski definition) is 3. The van der Waals surface area contributed by atoms with E-state index in [4.69, 9.17) is 0 Å². The van der Waals surface area contributed by atoms with Crippen molar-refractivity contribution in [3.8, 4) is 0 Å². The van der Waals surface area contributed by atoms with Crippen LogP contribution in [0.5, 0.6) is 0 Å². The zero-order valence-corrected chi connectivity index (χ0v) is 8.94. The highest BCUT2D eigenvalue weighted by Gasteiger charge is 2.27. The van der Waals surface area contributed by atoms with E-state index in [9.17, 15) is 14.4 Å². The molecule has 4 amide bonds. The highest BCUT2D eigenvalue weighted by Crippen LogP contribution is 2.11. The molecule has 6 nitrogen and oxygen atoms in total. The molecule has 1 N–H and O–H groups in total. The molecule has 16 heavy (non-hydrogen) atoms. The molecule has 1 radical (unpaired) electrons. The Balaban J connectivity index is 1.70. The first kappa shape index (κ1) is 10.9. The van der Waals surface area contributed by atoms with Crippen LogP contribution in [0.15, 0.2) is 0 Å². The molecule has 2 fully saturated rings. The van der Waals surface area contributed by atoms with E-state index >= 15 is 0 Å². The number of carbonyl (C=O) groups excluding carboxylic acids is 3. The van der Waals surface area contributed by atoms with E-state index in [-0.39, 0.29) is 17.8 Å². The van der Waals surface area contributed by atoms with E-state index in [1.807, 2.05) is 0 Å². The Labute approximate surface area is 93.6 Å². The van der Waals surface area contributed by atoms with Crippen LogP contribution in [0.1, 0.15) is 19.3 Å². The fourth-order valence-electron chi connectivity index (χ4n) is 1.95. The third-order valence-electron chi connectivity index (χ3n) is 2.76. The molecule has 87 valence electrons. The number of nitrogens with one attached hydrogen (secondary N) is 1. The van der Waals surface area contributed by atoms with Crippen LogP contribution in [0.25, 0.3) is 0 Å². The van der Waals surface area contributed by atoms with Crippen molar-refractivity contribution in [3.63, 3.8) is 0 Å². The normalized spacial score (nSPS) is 20.9.